The van der Waals surface area contributed by atoms with Gasteiger partial charge in [-0.3, -0.25) is 4.90 Å². The number of piperidine rings is 1. The molecule has 0 aromatic carbocycles. The minimum Gasteiger partial charge on any atom is -0.448 e. The highest BCUT2D eigenvalue weighted by atomic mass is 32.2. The second-order valence-electron chi connectivity index (χ2n) is 8.50. The Morgan fingerprint density at radius 1 is 1.13 bits per heavy atom. The summed E-state index contributed by atoms with van der Waals surface area (Å²) in [7, 11) is -2.90. The monoisotopic (exact) mass is 448 g/mol. The topological polar surface area (TPSA) is 112 Å². The first kappa shape index (κ1) is 20.5. The van der Waals surface area contributed by atoms with E-state index in [1.807, 2.05) is 22.1 Å². The van der Waals surface area contributed by atoms with Crippen LogP contribution in [0.15, 0.2) is 18.6 Å². The molecule has 0 bridgehead atoms. The lowest BCUT2D eigenvalue weighted by Gasteiger charge is -2.39. The lowest BCUT2D eigenvalue weighted by Crippen LogP contribution is -2.52. The first-order valence-corrected chi connectivity index (χ1v) is 12.7. The molecule has 0 aliphatic carbocycles. The van der Waals surface area contributed by atoms with Crippen LogP contribution in [0.25, 0.3) is 11.0 Å². The number of ether oxygens (including phenoxy) is 1. The van der Waals surface area contributed by atoms with Gasteiger partial charge in [-0.2, -0.15) is 0 Å². The van der Waals surface area contributed by atoms with Crippen LogP contribution in [-0.4, -0.2) is 102 Å². The molecule has 1 N–H and O–H groups in total. The summed E-state index contributed by atoms with van der Waals surface area (Å²) in [5.41, 5.74) is 0.825. The number of likely N-dealkylation sites (tertiary alicyclic amines) is 1. The van der Waals surface area contributed by atoms with Gasteiger partial charge in [0.05, 0.1) is 29.0 Å². The molecule has 2 atom stereocenters. The third kappa shape index (κ3) is 4.08. The lowest BCUT2D eigenvalue weighted by molar-refractivity contribution is 0.0651. The van der Waals surface area contributed by atoms with Crippen LogP contribution in [0.1, 0.15) is 19.3 Å². The van der Waals surface area contributed by atoms with Crippen LogP contribution in [0.3, 0.4) is 0 Å². The molecular weight excluding hydrogens is 420 g/mol. The van der Waals surface area contributed by atoms with E-state index in [1.54, 1.807) is 6.33 Å². The molecule has 3 aliphatic rings. The Kier molecular flexibility index (Phi) is 5.47. The fourth-order valence-electron chi connectivity index (χ4n) is 5.08. The second kappa shape index (κ2) is 8.27. The average Bonchev–Trinajstić information content (AvgIpc) is 3.41. The predicted molar refractivity (Wildman–Crippen MR) is 116 cm³/mol. The third-order valence-corrected chi connectivity index (χ3v) is 8.33. The molecule has 0 radical (unpaired) electrons. The molecule has 0 saturated carbocycles. The number of carbonyl (C=O) groups excluding carboxylic acids is 1. The maximum atomic E-state index is 12.8. The molecule has 0 spiro atoms. The van der Waals surface area contributed by atoms with Gasteiger partial charge in [0.25, 0.3) is 0 Å². The van der Waals surface area contributed by atoms with E-state index in [4.69, 9.17) is 4.74 Å². The number of anilines is 1. The number of aromatic nitrogens is 3. The molecule has 11 heteroatoms. The van der Waals surface area contributed by atoms with Crippen LogP contribution in [-0.2, 0) is 14.6 Å². The number of hydrogen-bond acceptors (Lipinski definition) is 8. The predicted octanol–water partition coefficient (Wildman–Crippen LogP) is 0.868. The molecule has 10 nitrogen and oxygen atoms in total. The number of H-pyrrole nitrogens is 1. The van der Waals surface area contributed by atoms with Crippen molar-refractivity contribution in [3.63, 3.8) is 0 Å². The summed E-state index contributed by atoms with van der Waals surface area (Å²) in [5.74, 6) is 1.29. The third-order valence-electron chi connectivity index (χ3n) is 6.72. The van der Waals surface area contributed by atoms with Gasteiger partial charge in [-0.15, -0.1) is 0 Å². The van der Waals surface area contributed by atoms with Crippen molar-refractivity contribution in [2.24, 2.45) is 0 Å². The van der Waals surface area contributed by atoms with Crippen molar-refractivity contribution in [3.8, 4) is 0 Å². The molecule has 5 rings (SSSR count). The summed E-state index contributed by atoms with van der Waals surface area (Å²) >= 11 is 0. The number of aromatic amines is 1. The van der Waals surface area contributed by atoms with Gasteiger partial charge in [0.15, 0.2) is 9.84 Å². The van der Waals surface area contributed by atoms with E-state index in [1.165, 1.54) is 0 Å². The van der Waals surface area contributed by atoms with Crippen LogP contribution >= 0.6 is 0 Å². The van der Waals surface area contributed by atoms with Crippen LogP contribution in [0.4, 0.5) is 10.6 Å². The number of rotatable bonds is 4. The number of fused-ring (bicyclic) bond motifs is 2. The van der Waals surface area contributed by atoms with E-state index in [-0.39, 0.29) is 36.3 Å². The summed E-state index contributed by atoms with van der Waals surface area (Å²) in [6.45, 7) is 3.43. The van der Waals surface area contributed by atoms with E-state index in [2.05, 4.69) is 19.9 Å². The second-order valence-corrected chi connectivity index (χ2v) is 10.8. The largest absolute Gasteiger partial charge is 0.448 e. The number of hydrogen-bond donors (Lipinski definition) is 1. The van der Waals surface area contributed by atoms with E-state index in [9.17, 15) is 13.2 Å². The molecule has 2 aromatic rings. The van der Waals surface area contributed by atoms with E-state index < -0.39 is 9.84 Å². The van der Waals surface area contributed by atoms with Crippen LogP contribution in [0.2, 0.25) is 0 Å². The molecule has 3 aliphatic heterocycles. The number of carbonyl (C=O) groups is 1. The summed E-state index contributed by atoms with van der Waals surface area (Å²) in [4.78, 5) is 31.0. The number of nitrogens with one attached hydrogen (secondary N) is 1. The van der Waals surface area contributed by atoms with Gasteiger partial charge in [0.2, 0.25) is 0 Å². The molecule has 168 valence electrons. The van der Waals surface area contributed by atoms with Gasteiger partial charge in [-0.05, 0) is 25.3 Å². The Bertz CT molecular complexity index is 1040. The van der Waals surface area contributed by atoms with Gasteiger partial charge in [-0.25, -0.2) is 23.2 Å². The van der Waals surface area contributed by atoms with Crippen molar-refractivity contribution in [3.05, 3.63) is 18.6 Å². The van der Waals surface area contributed by atoms with Crippen molar-refractivity contribution < 1.29 is 17.9 Å². The Morgan fingerprint density at radius 3 is 2.81 bits per heavy atom. The van der Waals surface area contributed by atoms with Gasteiger partial charge in [0.1, 0.15) is 24.4 Å². The molecule has 1 amide bonds. The van der Waals surface area contributed by atoms with Gasteiger partial charge < -0.3 is 19.5 Å². The lowest BCUT2D eigenvalue weighted by atomic mass is 9.97. The average molecular weight is 449 g/mol. The molecule has 31 heavy (non-hydrogen) atoms. The minimum absolute atomic E-state index is 0.116. The smallest absolute Gasteiger partial charge is 0.410 e. The van der Waals surface area contributed by atoms with Crippen molar-refractivity contribution in [2.75, 3.05) is 55.7 Å². The molecular formula is C20H28N6O4S. The number of amides is 1. The Hall–Kier alpha value is -2.40. The van der Waals surface area contributed by atoms with Crippen molar-refractivity contribution in [1.82, 2.24) is 24.8 Å². The zero-order valence-electron chi connectivity index (χ0n) is 17.4. The molecule has 3 saturated heterocycles. The van der Waals surface area contributed by atoms with Crippen molar-refractivity contribution >= 4 is 32.8 Å². The van der Waals surface area contributed by atoms with Crippen molar-refractivity contribution in [2.45, 2.75) is 31.3 Å². The summed E-state index contributed by atoms with van der Waals surface area (Å²) in [6, 6.07) is 2.34. The first-order valence-electron chi connectivity index (χ1n) is 10.9. The Balaban J connectivity index is 1.20. The zero-order valence-corrected chi connectivity index (χ0v) is 18.3. The summed E-state index contributed by atoms with van der Waals surface area (Å²) in [5, 5.41) is 1.01. The van der Waals surface area contributed by atoms with Gasteiger partial charge >= 0.3 is 6.09 Å². The first-order chi connectivity index (χ1) is 15.0. The highest BCUT2D eigenvalue weighted by Gasteiger charge is 2.43. The molecule has 3 fully saturated rings. The standard InChI is InChI=1S/C20H28N6O4S/c27-20(30-11-8-24-9-12-31(28,29)13-10-24)26-6-1-2-16-17(26)4-7-25(16)19-15-3-5-21-18(15)22-14-23-19/h3,5,14,16-17H,1-2,4,6-13H2,(H,21,22,23)/t16-,17-/m1/s1. The molecule has 5 heterocycles. The van der Waals surface area contributed by atoms with E-state index >= 15 is 0 Å². The SMILES string of the molecule is O=C(OCCN1CCS(=O)(=O)CC1)N1CCC[C@@H]2[C@H]1CCN2c1ncnc2[nH]ccc12. The van der Waals surface area contributed by atoms with E-state index in [0.29, 0.717) is 26.2 Å². The number of sulfone groups is 1. The van der Waals surface area contributed by atoms with Crippen LogP contribution in [0, 0.1) is 0 Å². The van der Waals surface area contributed by atoms with Crippen molar-refractivity contribution in [1.29, 1.82) is 0 Å². The quantitative estimate of drug-likeness (QED) is 0.733. The van der Waals surface area contributed by atoms with Crippen LogP contribution in [0.5, 0.6) is 0 Å². The maximum absolute atomic E-state index is 12.8. The fraction of sp³-hybridized carbons (Fsp3) is 0.650. The zero-order chi connectivity index (χ0) is 21.4. The maximum Gasteiger partial charge on any atom is 0.410 e. The van der Waals surface area contributed by atoms with E-state index in [0.717, 1.165) is 42.7 Å². The summed E-state index contributed by atoms with van der Waals surface area (Å²) in [6.07, 6.45) is 6.03. The molecule has 2 aromatic heterocycles. The highest BCUT2D eigenvalue weighted by molar-refractivity contribution is 7.91. The molecule has 0 unspecified atom stereocenters. The highest BCUT2D eigenvalue weighted by Crippen LogP contribution is 2.36. The Morgan fingerprint density at radius 2 is 1.97 bits per heavy atom. The fourth-order valence-corrected chi connectivity index (χ4v) is 6.36. The normalized spacial score (nSPS) is 26.2. The number of nitrogens with zero attached hydrogens (tertiary/aromatic N) is 5. The summed E-state index contributed by atoms with van der Waals surface area (Å²) < 4.78 is 28.7. The van der Waals surface area contributed by atoms with Crippen LogP contribution < -0.4 is 4.90 Å². The minimum atomic E-state index is -2.90. The van der Waals surface area contributed by atoms with Gasteiger partial charge in [0, 0.05) is 38.9 Å². The van der Waals surface area contributed by atoms with Gasteiger partial charge in [-0.1, -0.05) is 0 Å². The Labute approximate surface area is 181 Å².